The van der Waals surface area contributed by atoms with Crippen LogP contribution in [-0.4, -0.2) is 35.3 Å². The van der Waals surface area contributed by atoms with Gasteiger partial charge in [-0.05, 0) is 32.0 Å². The smallest absolute Gasteiger partial charge is 0.352 e. The molecule has 8 nitrogen and oxygen atoms in total. The lowest BCUT2D eigenvalue weighted by Crippen LogP contribution is -2.31. The first kappa shape index (κ1) is 23.9. The first-order chi connectivity index (χ1) is 17.9. The number of benzene rings is 3. The van der Waals surface area contributed by atoms with E-state index >= 15 is 0 Å². The van der Waals surface area contributed by atoms with E-state index in [2.05, 4.69) is 4.98 Å². The number of aromatic nitrogens is 1. The van der Waals surface area contributed by atoms with Gasteiger partial charge in [0.25, 0.3) is 11.8 Å². The Bertz CT molecular complexity index is 1560. The molecule has 0 aliphatic carbocycles. The van der Waals surface area contributed by atoms with Gasteiger partial charge in [-0.1, -0.05) is 60.7 Å². The number of nitrogens with zero attached hydrogens (tertiary/aromatic N) is 2. The van der Waals surface area contributed by atoms with Crippen molar-refractivity contribution in [1.82, 2.24) is 4.98 Å². The van der Waals surface area contributed by atoms with Crippen molar-refractivity contribution in [2.75, 3.05) is 11.5 Å². The van der Waals surface area contributed by atoms with E-state index in [0.717, 1.165) is 4.90 Å². The topological polar surface area (TPSA) is 103 Å². The molecule has 0 bridgehead atoms. The lowest BCUT2D eigenvalue weighted by atomic mass is 10.0. The zero-order chi connectivity index (χ0) is 26.1. The van der Waals surface area contributed by atoms with Crippen LogP contribution in [0.4, 0.5) is 5.69 Å². The fraction of sp³-hybridized carbons (Fsp3) is 0.138. The molecule has 37 heavy (non-hydrogen) atoms. The fourth-order valence-electron chi connectivity index (χ4n) is 4.46. The third-order valence-corrected chi connectivity index (χ3v) is 6.10. The highest BCUT2D eigenvalue weighted by Crippen LogP contribution is 2.36. The van der Waals surface area contributed by atoms with Crippen LogP contribution in [0.15, 0.2) is 78.9 Å². The predicted molar refractivity (Wildman–Crippen MR) is 135 cm³/mol. The molecule has 2 amide bonds. The van der Waals surface area contributed by atoms with Crippen molar-refractivity contribution in [2.24, 2.45) is 0 Å². The second kappa shape index (κ2) is 9.66. The molecule has 1 aliphatic heterocycles. The number of fused-ring (bicyclic) bond motifs is 3. The number of carbonyl (C=O) groups excluding carboxylic acids is 4. The minimum atomic E-state index is -1.32. The summed E-state index contributed by atoms with van der Waals surface area (Å²) in [6.07, 6.45) is -1.32. The van der Waals surface area contributed by atoms with E-state index in [9.17, 15) is 19.2 Å². The standard InChI is InChI=1S/C29H22N2O6/c1-3-36-29(35)25(18-11-5-4-6-12-18)37-28(34)20-14-8-10-16-22(20)31-26(32)23-17(2)30-21-15-9-7-13-19(21)24(23)27(31)33/h4-16,25H,3H2,1-2H3/t25-/m0/s1. The van der Waals surface area contributed by atoms with Gasteiger partial charge in [0.1, 0.15) is 0 Å². The number of carbonyl (C=O) groups is 4. The number of pyridine rings is 1. The van der Waals surface area contributed by atoms with Gasteiger partial charge in [-0.2, -0.15) is 0 Å². The zero-order valence-corrected chi connectivity index (χ0v) is 20.1. The molecule has 4 aromatic rings. The van der Waals surface area contributed by atoms with E-state index in [4.69, 9.17) is 9.47 Å². The number of esters is 2. The number of amides is 2. The number of aryl methyl sites for hydroxylation is 1. The van der Waals surface area contributed by atoms with Gasteiger partial charge >= 0.3 is 11.9 Å². The third-order valence-electron chi connectivity index (χ3n) is 6.10. The quantitative estimate of drug-likeness (QED) is 0.280. The van der Waals surface area contributed by atoms with Gasteiger partial charge in [0.15, 0.2) is 0 Å². The molecule has 0 saturated heterocycles. The average Bonchev–Trinajstić information content (AvgIpc) is 3.18. The maximum Gasteiger partial charge on any atom is 0.352 e. The highest BCUT2D eigenvalue weighted by atomic mass is 16.6. The van der Waals surface area contributed by atoms with Gasteiger partial charge in [-0.15, -0.1) is 0 Å². The Morgan fingerprint density at radius 2 is 1.51 bits per heavy atom. The molecule has 3 aromatic carbocycles. The van der Waals surface area contributed by atoms with Crippen LogP contribution >= 0.6 is 0 Å². The van der Waals surface area contributed by atoms with Crippen LogP contribution < -0.4 is 4.90 Å². The van der Waals surface area contributed by atoms with Gasteiger partial charge in [-0.25, -0.2) is 14.5 Å². The summed E-state index contributed by atoms with van der Waals surface area (Å²) >= 11 is 0. The van der Waals surface area contributed by atoms with Crippen LogP contribution in [0.5, 0.6) is 0 Å². The number of rotatable bonds is 6. The van der Waals surface area contributed by atoms with E-state index < -0.39 is 29.9 Å². The molecular formula is C29H22N2O6. The van der Waals surface area contributed by atoms with Crippen molar-refractivity contribution >= 4 is 40.3 Å². The van der Waals surface area contributed by atoms with E-state index in [0.29, 0.717) is 22.2 Å². The first-order valence-electron chi connectivity index (χ1n) is 11.7. The zero-order valence-electron chi connectivity index (χ0n) is 20.1. The summed E-state index contributed by atoms with van der Waals surface area (Å²) < 4.78 is 10.7. The van der Waals surface area contributed by atoms with Gasteiger partial charge in [-0.3, -0.25) is 14.6 Å². The number of para-hydroxylation sites is 2. The van der Waals surface area contributed by atoms with E-state index in [1.165, 1.54) is 12.1 Å². The Labute approximate surface area is 212 Å². The van der Waals surface area contributed by atoms with Gasteiger partial charge in [0.2, 0.25) is 6.10 Å². The van der Waals surface area contributed by atoms with Crippen molar-refractivity contribution < 1.29 is 28.7 Å². The molecule has 0 N–H and O–H groups in total. The summed E-state index contributed by atoms with van der Waals surface area (Å²) in [6.45, 7) is 3.43. The fourth-order valence-corrected chi connectivity index (χ4v) is 4.46. The van der Waals surface area contributed by atoms with E-state index in [1.807, 2.05) is 0 Å². The molecule has 5 rings (SSSR count). The summed E-state index contributed by atoms with van der Waals surface area (Å²) in [5.41, 5.74) is 1.89. The van der Waals surface area contributed by atoms with Crippen molar-refractivity contribution in [3.63, 3.8) is 0 Å². The van der Waals surface area contributed by atoms with Crippen molar-refractivity contribution in [3.8, 4) is 0 Å². The van der Waals surface area contributed by atoms with Crippen LogP contribution in [0, 0.1) is 6.92 Å². The lowest BCUT2D eigenvalue weighted by molar-refractivity contribution is -0.153. The van der Waals surface area contributed by atoms with Crippen LogP contribution in [-0.2, 0) is 14.3 Å². The minimum absolute atomic E-state index is 0.0443. The van der Waals surface area contributed by atoms with E-state index in [1.54, 1.807) is 80.6 Å². The van der Waals surface area contributed by atoms with Gasteiger partial charge < -0.3 is 9.47 Å². The minimum Gasteiger partial charge on any atom is -0.463 e. The maximum atomic E-state index is 13.6. The Kier molecular flexibility index (Phi) is 6.23. The molecule has 1 aromatic heterocycles. The molecular weight excluding hydrogens is 472 g/mol. The highest BCUT2D eigenvalue weighted by Gasteiger charge is 2.42. The molecule has 0 spiro atoms. The van der Waals surface area contributed by atoms with Crippen LogP contribution in [0.1, 0.15) is 55.4 Å². The summed E-state index contributed by atoms with van der Waals surface area (Å²) in [5.74, 6) is -2.75. The second-order valence-corrected chi connectivity index (χ2v) is 8.38. The van der Waals surface area contributed by atoms with Crippen LogP contribution in [0.3, 0.4) is 0 Å². The second-order valence-electron chi connectivity index (χ2n) is 8.38. The van der Waals surface area contributed by atoms with Crippen molar-refractivity contribution in [2.45, 2.75) is 20.0 Å². The van der Waals surface area contributed by atoms with Crippen molar-refractivity contribution in [1.29, 1.82) is 0 Å². The Morgan fingerprint density at radius 1 is 0.865 bits per heavy atom. The molecule has 1 atom stereocenters. The van der Waals surface area contributed by atoms with Crippen LogP contribution in [0.2, 0.25) is 0 Å². The number of anilines is 1. The first-order valence-corrected chi connectivity index (χ1v) is 11.7. The SMILES string of the molecule is CCOC(=O)[C@@H](OC(=O)c1ccccc1N1C(=O)c2c(C)nc3ccccc3c2C1=O)c1ccccc1. The summed E-state index contributed by atoms with van der Waals surface area (Å²) in [4.78, 5) is 58.6. The number of imide groups is 1. The molecule has 2 heterocycles. The van der Waals surface area contributed by atoms with Crippen LogP contribution in [0.25, 0.3) is 10.9 Å². The molecule has 0 unspecified atom stereocenters. The van der Waals surface area contributed by atoms with E-state index in [-0.39, 0.29) is 29.0 Å². The summed E-state index contributed by atoms with van der Waals surface area (Å²) in [5, 5.41) is 0.551. The monoisotopic (exact) mass is 494 g/mol. The Morgan fingerprint density at radius 3 is 2.27 bits per heavy atom. The number of hydrogen-bond donors (Lipinski definition) is 0. The highest BCUT2D eigenvalue weighted by molar-refractivity contribution is 6.38. The largest absolute Gasteiger partial charge is 0.463 e. The van der Waals surface area contributed by atoms with Crippen molar-refractivity contribution in [3.05, 3.63) is 107 Å². The predicted octanol–water partition coefficient (Wildman–Crippen LogP) is 4.81. The molecule has 1 aliphatic rings. The molecule has 0 radical (unpaired) electrons. The summed E-state index contributed by atoms with van der Waals surface area (Å²) in [7, 11) is 0. The average molecular weight is 495 g/mol. The Hall–Kier alpha value is -4.85. The number of ether oxygens (including phenoxy) is 2. The number of hydrogen-bond acceptors (Lipinski definition) is 7. The maximum absolute atomic E-state index is 13.6. The summed E-state index contributed by atoms with van der Waals surface area (Å²) in [6, 6.07) is 21.7. The molecule has 0 saturated carbocycles. The Balaban J connectivity index is 1.55. The lowest BCUT2D eigenvalue weighted by Gasteiger charge is -2.20. The third kappa shape index (κ3) is 4.12. The molecule has 0 fully saturated rings. The van der Waals surface area contributed by atoms with Gasteiger partial charge in [0.05, 0.1) is 40.2 Å². The normalized spacial score (nSPS) is 13.4. The molecule has 8 heteroatoms. The van der Waals surface area contributed by atoms with Gasteiger partial charge in [0, 0.05) is 10.9 Å². The molecule has 184 valence electrons.